The summed E-state index contributed by atoms with van der Waals surface area (Å²) in [5.74, 6) is -0.811. The van der Waals surface area contributed by atoms with E-state index in [4.69, 9.17) is 0 Å². The van der Waals surface area contributed by atoms with Crippen molar-refractivity contribution in [3.8, 4) is 0 Å². The van der Waals surface area contributed by atoms with E-state index < -0.39 is 11.4 Å². The molecule has 0 aromatic rings. The molecule has 0 aliphatic carbocycles. The summed E-state index contributed by atoms with van der Waals surface area (Å²) in [6, 6.07) is -0.0169. The normalized spacial score (nSPS) is 24.9. The van der Waals surface area contributed by atoms with Gasteiger partial charge in [0, 0.05) is 46.2 Å². The van der Waals surface area contributed by atoms with Crippen LogP contribution >= 0.6 is 0 Å². The molecule has 0 aromatic heterocycles. The van der Waals surface area contributed by atoms with E-state index in [9.17, 15) is 19.5 Å². The number of rotatable bonds is 4. The molecular formula is C18H31N3O4. The molecule has 0 radical (unpaired) electrons. The van der Waals surface area contributed by atoms with Gasteiger partial charge in [-0.15, -0.1) is 0 Å². The minimum atomic E-state index is -0.787. The lowest BCUT2D eigenvalue weighted by molar-refractivity contribution is -0.156. The Morgan fingerprint density at radius 2 is 1.76 bits per heavy atom. The number of carbonyl (C=O) groups excluding carboxylic acids is 2. The molecule has 142 valence electrons. The van der Waals surface area contributed by atoms with Gasteiger partial charge in [-0.3, -0.25) is 9.59 Å². The van der Waals surface area contributed by atoms with E-state index in [1.165, 1.54) is 0 Å². The van der Waals surface area contributed by atoms with Crippen molar-refractivity contribution in [1.29, 1.82) is 0 Å². The Morgan fingerprint density at radius 1 is 1.12 bits per heavy atom. The lowest BCUT2D eigenvalue weighted by Gasteiger charge is -2.42. The van der Waals surface area contributed by atoms with E-state index in [1.54, 1.807) is 28.8 Å². The number of amides is 3. The van der Waals surface area contributed by atoms with Crippen molar-refractivity contribution in [2.24, 2.45) is 11.3 Å². The van der Waals surface area contributed by atoms with Crippen LogP contribution in [0.25, 0.3) is 0 Å². The summed E-state index contributed by atoms with van der Waals surface area (Å²) in [6.45, 7) is 4.13. The summed E-state index contributed by atoms with van der Waals surface area (Å²) in [5, 5.41) is 9.69. The van der Waals surface area contributed by atoms with Crippen molar-refractivity contribution in [3.63, 3.8) is 0 Å². The minimum absolute atomic E-state index is 0.0169. The van der Waals surface area contributed by atoms with Crippen molar-refractivity contribution in [1.82, 2.24) is 14.7 Å². The molecule has 0 aromatic carbocycles. The Hall–Kier alpha value is -1.79. The van der Waals surface area contributed by atoms with Crippen LogP contribution < -0.4 is 0 Å². The van der Waals surface area contributed by atoms with Gasteiger partial charge in [0.2, 0.25) is 5.91 Å². The minimum Gasteiger partial charge on any atom is -0.481 e. The van der Waals surface area contributed by atoms with Crippen LogP contribution in [0.4, 0.5) is 4.79 Å². The number of hydrogen-bond acceptors (Lipinski definition) is 3. The van der Waals surface area contributed by atoms with Crippen molar-refractivity contribution in [2.45, 2.75) is 45.4 Å². The molecule has 1 atom stereocenters. The van der Waals surface area contributed by atoms with Gasteiger partial charge in [-0.1, -0.05) is 13.3 Å². The Morgan fingerprint density at radius 3 is 2.28 bits per heavy atom. The molecule has 2 rings (SSSR count). The zero-order valence-electron chi connectivity index (χ0n) is 15.7. The van der Waals surface area contributed by atoms with Crippen LogP contribution in [-0.2, 0) is 9.59 Å². The van der Waals surface area contributed by atoms with Crippen molar-refractivity contribution < 1.29 is 19.5 Å². The third-order valence-electron chi connectivity index (χ3n) is 5.57. The van der Waals surface area contributed by atoms with Crippen molar-refractivity contribution >= 4 is 17.9 Å². The lowest BCUT2D eigenvalue weighted by Crippen LogP contribution is -2.53. The maximum Gasteiger partial charge on any atom is 0.319 e. The molecule has 7 nitrogen and oxygen atoms in total. The molecule has 2 aliphatic rings. The first-order valence-corrected chi connectivity index (χ1v) is 9.29. The summed E-state index contributed by atoms with van der Waals surface area (Å²) in [5.41, 5.74) is -0.787. The van der Waals surface area contributed by atoms with E-state index in [0.717, 1.165) is 12.8 Å². The Balaban J connectivity index is 1.97. The number of carboxylic acid groups (broad SMARTS) is 1. The van der Waals surface area contributed by atoms with Gasteiger partial charge in [-0.25, -0.2) is 4.79 Å². The van der Waals surface area contributed by atoms with Gasteiger partial charge in [0.25, 0.3) is 0 Å². The quantitative estimate of drug-likeness (QED) is 0.837. The molecule has 2 fully saturated rings. The van der Waals surface area contributed by atoms with E-state index in [2.05, 4.69) is 0 Å². The van der Waals surface area contributed by atoms with Gasteiger partial charge in [0.15, 0.2) is 0 Å². The molecule has 7 heteroatoms. The average Bonchev–Trinajstić information content (AvgIpc) is 2.61. The highest BCUT2D eigenvalue weighted by Gasteiger charge is 2.44. The first-order chi connectivity index (χ1) is 11.8. The van der Waals surface area contributed by atoms with Crippen LogP contribution in [0.3, 0.4) is 0 Å². The number of nitrogens with zero attached hydrogens (tertiary/aromatic N) is 3. The molecule has 0 spiro atoms. The second-order valence-corrected chi connectivity index (χ2v) is 7.64. The second-order valence-electron chi connectivity index (χ2n) is 7.64. The SMILES string of the molecule is CCCC1(C(=O)O)CCCN(C(=O)C2CCN(C(=O)N(C)C)CC2)C1. The first kappa shape index (κ1) is 19.5. The first-order valence-electron chi connectivity index (χ1n) is 9.29. The van der Waals surface area contributed by atoms with Crippen LogP contribution in [0, 0.1) is 11.3 Å². The van der Waals surface area contributed by atoms with Gasteiger partial charge in [-0.05, 0) is 32.1 Å². The van der Waals surface area contributed by atoms with Gasteiger partial charge >= 0.3 is 12.0 Å². The zero-order valence-corrected chi connectivity index (χ0v) is 15.7. The maximum absolute atomic E-state index is 12.9. The summed E-state index contributed by atoms with van der Waals surface area (Å²) in [4.78, 5) is 41.8. The molecule has 2 saturated heterocycles. The Bertz CT molecular complexity index is 510. The molecular weight excluding hydrogens is 322 g/mol. The second kappa shape index (κ2) is 8.06. The number of piperidine rings is 2. The Labute approximate surface area is 149 Å². The van der Waals surface area contributed by atoms with Crippen molar-refractivity contribution in [2.75, 3.05) is 40.3 Å². The lowest BCUT2D eigenvalue weighted by atomic mass is 9.76. The predicted octanol–water partition coefficient (Wildman–Crippen LogP) is 1.87. The number of aliphatic carboxylic acids is 1. The molecule has 1 N–H and O–H groups in total. The third-order valence-corrected chi connectivity index (χ3v) is 5.57. The van der Waals surface area contributed by atoms with E-state index >= 15 is 0 Å². The van der Waals surface area contributed by atoms with E-state index in [-0.39, 0.29) is 17.9 Å². The predicted molar refractivity (Wildman–Crippen MR) is 94.2 cm³/mol. The summed E-state index contributed by atoms with van der Waals surface area (Å²) in [7, 11) is 3.46. The van der Waals surface area contributed by atoms with Crippen molar-refractivity contribution in [3.05, 3.63) is 0 Å². The molecule has 2 heterocycles. The van der Waals surface area contributed by atoms with Crippen LogP contribution in [0.2, 0.25) is 0 Å². The van der Waals surface area contributed by atoms with Gasteiger partial charge in [-0.2, -0.15) is 0 Å². The number of likely N-dealkylation sites (tertiary alicyclic amines) is 2. The van der Waals surface area contributed by atoms with Gasteiger partial charge in [0.1, 0.15) is 0 Å². The highest BCUT2D eigenvalue weighted by molar-refractivity contribution is 5.82. The molecule has 3 amide bonds. The summed E-state index contributed by atoms with van der Waals surface area (Å²) < 4.78 is 0. The van der Waals surface area contributed by atoms with E-state index in [1.807, 2.05) is 6.92 Å². The molecule has 2 aliphatic heterocycles. The molecule has 0 bridgehead atoms. The third kappa shape index (κ3) is 4.25. The zero-order chi connectivity index (χ0) is 18.6. The largest absolute Gasteiger partial charge is 0.481 e. The number of carbonyl (C=O) groups is 3. The number of hydrogen-bond donors (Lipinski definition) is 1. The van der Waals surface area contributed by atoms with E-state index in [0.29, 0.717) is 51.9 Å². The molecule has 25 heavy (non-hydrogen) atoms. The maximum atomic E-state index is 12.9. The Kier molecular flexibility index (Phi) is 6.30. The summed E-state index contributed by atoms with van der Waals surface area (Å²) in [6.07, 6.45) is 4.12. The highest BCUT2D eigenvalue weighted by atomic mass is 16.4. The fourth-order valence-corrected chi connectivity index (χ4v) is 4.14. The van der Waals surface area contributed by atoms with Gasteiger partial charge < -0.3 is 19.8 Å². The van der Waals surface area contributed by atoms with Crippen LogP contribution in [0.15, 0.2) is 0 Å². The number of urea groups is 1. The van der Waals surface area contributed by atoms with Gasteiger partial charge in [0.05, 0.1) is 5.41 Å². The van der Waals surface area contributed by atoms with Crippen LogP contribution in [0.1, 0.15) is 45.4 Å². The fourth-order valence-electron chi connectivity index (χ4n) is 4.14. The fraction of sp³-hybridized carbons (Fsp3) is 0.833. The smallest absolute Gasteiger partial charge is 0.319 e. The molecule has 1 unspecified atom stereocenters. The standard InChI is InChI=1S/C18H31N3O4/c1-4-8-18(16(23)24)9-5-10-21(13-18)15(22)14-6-11-20(12-7-14)17(25)19(2)3/h14H,4-13H2,1-3H3,(H,23,24). The monoisotopic (exact) mass is 353 g/mol. The molecule has 0 saturated carbocycles. The topological polar surface area (TPSA) is 81.2 Å². The average molecular weight is 353 g/mol. The number of carboxylic acids is 1. The van der Waals surface area contributed by atoms with Crippen LogP contribution in [-0.4, -0.2) is 78.0 Å². The van der Waals surface area contributed by atoms with Crippen LogP contribution in [0.5, 0.6) is 0 Å². The summed E-state index contributed by atoms with van der Waals surface area (Å²) >= 11 is 0. The highest BCUT2D eigenvalue weighted by Crippen LogP contribution is 2.36.